The van der Waals surface area contributed by atoms with Crippen LogP contribution in [0.3, 0.4) is 0 Å². The summed E-state index contributed by atoms with van der Waals surface area (Å²) in [6.45, 7) is 2.20. The molecular formula is C18H16N2. The molecule has 2 nitrogen and oxygen atoms in total. The highest BCUT2D eigenvalue weighted by molar-refractivity contribution is 5.46. The maximum Gasteiger partial charge on any atom is 0.0733 e. The van der Waals surface area contributed by atoms with Crippen molar-refractivity contribution in [3.05, 3.63) is 96.1 Å². The molecule has 0 saturated heterocycles. The van der Waals surface area contributed by atoms with Gasteiger partial charge in [0.2, 0.25) is 0 Å². The zero-order valence-electron chi connectivity index (χ0n) is 11.4. The zero-order valence-corrected chi connectivity index (χ0v) is 11.4. The fraction of sp³-hybridized carbons (Fsp3) is 0.111. The molecule has 0 radical (unpaired) electrons. The molecule has 3 aromatic rings. The largest absolute Gasteiger partial charge is 0.261 e. The van der Waals surface area contributed by atoms with Gasteiger partial charge in [0.25, 0.3) is 0 Å². The third-order valence-electron chi connectivity index (χ3n) is 3.78. The van der Waals surface area contributed by atoms with Crippen molar-refractivity contribution >= 4 is 0 Å². The lowest BCUT2D eigenvalue weighted by Gasteiger charge is -2.30. The van der Waals surface area contributed by atoms with Gasteiger partial charge in [-0.05, 0) is 18.1 Å². The molecule has 2 heteroatoms. The molecule has 0 bridgehead atoms. The van der Waals surface area contributed by atoms with E-state index in [-0.39, 0.29) is 5.41 Å². The zero-order chi connectivity index (χ0) is 13.8. The highest BCUT2D eigenvalue weighted by Crippen LogP contribution is 2.36. The maximum atomic E-state index is 4.54. The lowest BCUT2D eigenvalue weighted by molar-refractivity contribution is 0.660. The smallest absolute Gasteiger partial charge is 0.0733 e. The number of benzene rings is 2. The van der Waals surface area contributed by atoms with E-state index in [1.807, 2.05) is 18.3 Å². The Morgan fingerprint density at radius 2 is 1.30 bits per heavy atom. The lowest BCUT2D eigenvalue weighted by Crippen LogP contribution is -2.26. The molecule has 0 spiro atoms. The van der Waals surface area contributed by atoms with Gasteiger partial charge in [-0.15, -0.1) is 0 Å². The average molecular weight is 260 g/mol. The van der Waals surface area contributed by atoms with Crippen molar-refractivity contribution in [1.82, 2.24) is 9.97 Å². The van der Waals surface area contributed by atoms with E-state index >= 15 is 0 Å². The summed E-state index contributed by atoms with van der Waals surface area (Å²) < 4.78 is 0. The van der Waals surface area contributed by atoms with Crippen LogP contribution in [-0.2, 0) is 5.41 Å². The summed E-state index contributed by atoms with van der Waals surface area (Å²) in [5, 5.41) is 0. The number of aromatic nitrogens is 2. The van der Waals surface area contributed by atoms with Gasteiger partial charge in [-0.1, -0.05) is 60.7 Å². The predicted molar refractivity (Wildman–Crippen MR) is 80.5 cm³/mol. The van der Waals surface area contributed by atoms with E-state index in [9.17, 15) is 0 Å². The van der Waals surface area contributed by atoms with E-state index < -0.39 is 0 Å². The first-order chi connectivity index (χ1) is 9.82. The van der Waals surface area contributed by atoms with Gasteiger partial charge in [-0.3, -0.25) is 9.97 Å². The third-order valence-corrected chi connectivity index (χ3v) is 3.78. The second-order valence-corrected chi connectivity index (χ2v) is 4.95. The van der Waals surface area contributed by atoms with Crippen LogP contribution in [0.5, 0.6) is 0 Å². The molecule has 20 heavy (non-hydrogen) atoms. The van der Waals surface area contributed by atoms with Crippen molar-refractivity contribution in [1.29, 1.82) is 0 Å². The van der Waals surface area contributed by atoms with Crippen molar-refractivity contribution in [2.75, 3.05) is 0 Å². The molecule has 0 N–H and O–H groups in total. The van der Waals surface area contributed by atoms with E-state index in [0.717, 1.165) is 5.69 Å². The Morgan fingerprint density at radius 3 is 1.75 bits per heavy atom. The van der Waals surface area contributed by atoms with Crippen LogP contribution in [0.25, 0.3) is 0 Å². The molecule has 1 heterocycles. The number of rotatable bonds is 3. The maximum absolute atomic E-state index is 4.54. The number of nitrogens with zero attached hydrogens (tertiary/aromatic N) is 2. The first kappa shape index (κ1) is 12.5. The quantitative estimate of drug-likeness (QED) is 0.715. The number of hydrogen-bond donors (Lipinski definition) is 0. The minimum atomic E-state index is -0.295. The Labute approximate surface area is 119 Å². The molecular weight excluding hydrogens is 244 g/mol. The molecule has 1 aromatic heterocycles. The van der Waals surface area contributed by atoms with Crippen molar-refractivity contribution in [2.45, 2.75) is 12.3 Å². The molecule has 0 atom stereocenters. The van der Waals surface area contributed by atoms with Crippen molar-refractivity contribution in [2.24, 2.45) is 0 Å². The van der Waals surface area contributed by atoms with Gasteiger partial charge in [0.15, 0.2) is 0 Å². The van der Waals surface area contributed by atoms with Crippen LogP contribution < -0.4 is 0 Å². The lowest BCUT2D eigenvalue weighted by atomic mass is 9.74. The van der Waals surface area contributed by atoms with E-state index in [1.54, 1.807) is 12.4 Å². The minimum absolute atomic E-state index is 0.295. The van der Waals surface area contributed by atoms with Crippen LogP contribution in [0, 0.1) is 0 Å². The molecule has 0 aliphatic heterocycles. The van der Waals surface area contributed by atoms with Gasteiger partial charge in [-0.2, -0.15) is 0 Å². The van der Waals surface area contributed by atoms with Crippen LogP contribution >= 0.6 is 0 Å². The van der Waals surface area contributed by atoms with Crippen molar-refractivity contribution < 1.29 is 0 Å². The first-order valence-electron chi connectivity index (χ1n) is 6.69. The predicted octanol–water partition coefficient (Wildman–Crippen LogP) is 3.83. The molecule has 98 valence electrons. The fourth-order valence-electron chi connectivity index (χ4n) is 2.56. The van der Waals surface area contributed by atoms with Crippen LogP contribution in [-0.4, -0.2) is 9.97 Å². The molecule has 0 fully saturated rings. The topological polar surface area (TPSA) is 25.8 Å². The molecule has 3 rings (SSSR count). The van der Waals surface area contributed by atoms with Crippen molar-refractivity contribution in [3.63, 3.8) is 0 Å². The Morgan fingerprint density at radius 1 is 0.750 bits per heavy atom. The summed E-state index contributed by atoms with van der Waals surface area (Å²) in [5.41, 5.74) is 3.09. The highest BCUT2D eigenvalue weighted by Gasteiger charge is 2.32. The van der Waals surface area contributed by atoms with Gasteiger partial charge in [-0.25, -0.2) is 0 Å². The van der Waals surface area contributed by atoms with Gasteiger partial charge < -0.3 is 0 Å². The van der Waals surface area contributed by atoms with E-state index in [0.29, 0.717) is 0 Å². The summed E-state index contributed by atoms with van der Waals surface area (Å²) in [5.74, 6) is 0. The Bertz CT molecular complexity index is 567. The third kappa shape index (κ3) is 2.10. The standard InChI is InChI=1S/C18H16N2/c1-18(15-8-4-2-5-9-15,16-10-6-3-7-11-16)17-14-19-12-13-20-17/h2-14H,1H3. The van der Waals surface area contributed by atoms with Gasteiger partial charge in [0, 0.05) is 18.6 Å². The van der Waals surface area contributed by atoms with Crippen LogP contribution in [0.15, 0.2) is 79.3 Å². The molecule has 0 unspecified atom stereocenters. The summed E-state index contributed by atoms with van der Waals surface area (Å²) in [6.07, 6.45) is 5.30. The average Bonchev–Trinajstić information content (AvgIpc) is 2.56. The SMILES string of the molecule is CC(c1ccccc1)(c1ccccc1)c1cnccn1. The fourth-order valence-corrected chi connectivity index (χ4v) is 2.56. The monoisotopic (exact) mass is 260 g/mol. The van der Waals surface area contributed by atoms with Crippen molar-refractivity contribution in [3.8, 4) is 0 Å². The summed E-state index contributed by atoms with van der Waals surface area (Å²) in [7, 11) is 0. The second-order valence-electron chi connectivity index (χ2n) is 4.95. The van der Waals surface area contributed by atoms with Gasteiger partial charge >= 0.3 is 0 Å². The van der Waals surface area contributed by atoms with Crippen LogP contribution in [0.2, 0.25) is 0 Å². The molecule has 0 aliphatic carbocycles. The summed E-state index contributed by atoms with van der Waals surface area (Å²) in [4.78, 5) is 8.78. The summed E-state index contributed by atoms with van der Waals surface area (Å²) >= 11 is 0. The van der Waals surface area contributed by atoms with E-state index in [4.69, 9.17) is 0 Å². The van der Waals surface area contributed by atoms with E-state index in [1.165, 1.54) is 11.1 Å². The van der Waals surface area contributed by atoms with Crippen LogP contribution in [0.4, 0.5) is 0 Å². The van der Waals surface area contributed by atoms with E-state index in [2.05, 4.69) is 65.4 Å². The van der Waals surface area contributed by atoms with Crippen LogP contribution in [0.1, 0.15) is 23.7 Å². The first-order valence-corrected chi connectivity index (χ1v) is 6.69. The molecule has 2 aromatic carbocycles. The normalized spacial score (nSPS) is 11.2. The Hall–Kier alpha value is -2.48. The molecule has 0 amide bonds. The van der Waals surface area contributed by atoms with Gasteiger partial charge in [0.05, 0.1) is 11.1 Å². The minimum Gasteiger partial charge on any atom is -0.261 e. The second kappa shape index (κ2) is 5.25. The molecule has 0 aliphatic rings. The number of hydrogen-bond acceptors (Lipinski definition) is 2. The summed E-state index contributed by atoms with van der Waals surface area (Å²) in [6, 6.07) is 20.9. The Balaban J connectivity index is 2.24. The molecule has 0 saturated carbocycles. The highest BCUT2D eigenvalue weighted by atomic mass is 14.8. The van der Waals surface area contributed by atoms with Gasteiger partial charge in [0.1, 0.15) is 0 Å². The Kier molecular flexibility index (Phi) is 3.30.